The van der Waals surface area contributed by atoms with Gasteiger partial charge in [0, 0.05) is 22.1 Å². The summed E-state index contributed by atoms with van der Waals surface area (Å²) in [5, 5.41) is 3.52. The number of rotatable bonds is 10. The van der Waals surface area contributed by atoms with Crippen molar-refractivity contribution in [2.75, 3.05) is 10.8 Å². The van der Waals surface area contributed by atoms with Crippen LogP contribution >= 0.6 is 27.5 Å². The third-order valence-corrected chi connectivity index (χ3v) is 9.94. The first-order chi connectivity index (χ1) is 19.6. The Labute approximate surface area is 256 Å². The van der Waals surface area contributed by atoms with E-state index in [9.17, 15) is 18.0 Å². The SMILES string of the molecule is Cc1ccccc1N(CC(=O)N(Cc1cccc(Br)c1)C(C)C(=O)NC1CCCCC1)S(=O)(=O)c1ccc(Cl)cc1. The fraction of sp³-hybridized carbons (Fsp3) is 0.355. The Kier molecular flexibility index (Phi) is 10.5. The molecular weight excluding hydrogens is 626 g/mol. The highest BCUT2D eigenvalue weighted by molar-refractivity contribution is 9.10. The summed E-state index contributed by atoms with van der Waals surface area (Å²) < 4.78 is 29.9. The van der Waals surface area contributed by atoms with Crippen molar-refractivity contribution in [3.05, 3.63) is 93.4 Å². The van der Waals surface area contributed by atoms with Crippen molar-refractivity contribution in [1.82, 2.24) is 10.2 Å². The first kappa shape index (κ1) is 31.1. The molecule has 0 spiro atoms. The van der Waals surface area contributed by atoms with Crippen LogP contribution < -0.4 is 9.62 Å². The predicted molar refractivity (Wildman–Crippen MR) is 166 cm³/mol. The predicted octanol–water partition coefficient (Wildman–Crippen LogP) is 6.47. The number of carbonyl (C=O) groups is 2. The zero-order valence-corrected chi connectivity index (χ0v) is 26.4. The van der Waals surface area contributed by atoms with Gasteiger partial charge in [0.05, 0.1) is 10.6 Å². The van der Waals surface area contributed by atoms with E-state index < -0.39 is 28.5 Å². The number of amides is 2. The van der Waals surface area contributed by atoms with Crippen molar-refractivity contribution in [3.8, 4) is 0 Å². The molecule has 0 aromatic heterocycles. The van der Waals surface area contributed by atoms with Gasteiger partial charge in [-0.1, -0.05) is 77.1 Å². The van der Waals surface area contributed by atoms with Gasteiger partial charge in [-0.05, 0) is 80.3 Å². The van der Waals surface area contributed by atoms with Gasteiger partial charge in [0.25, 0.3) is 10.0 Å². The molecule has 1 N–H and O–H groups in total. The van der Waals surface area contributed by atoms with Crippen LogP contribution in [-0.4, -0.2) is 43.8 Å². The van der Waals surface area contributed by atoms with Crippen LogP contribution in [0.3, 0.4) is 0 Å². The molecule has 41 heavy (non-hydrogen) atoms. The summed E-state index contributed by atoms with van der Waals surface area (Å²) in [5.74, 6) is -0.736. The van der Waals surface area contributed by atoms with Crippen LogP contribution in [0.25, 0.3) is 0 Å². The highest BCUT2D eigenvalue weighted by Gasteiger charge is 2.33. The number of carbonyl (C=O) groups excluding carboxylic acids is 2. The summed E-state index contributed by atoms with van der Waals surface area (Å²) in [6.07, 6.45) is 5.12. The quantitative estimate of drug-likeness (QED) is 0.270. The number of benzene rings is 3. The van der Waals surface area contributed by atoms with E-state index in [1.54, 1.807) is 32.0 Å². The lowest BCUT2D eigenvalue weighted by Gasteiger charge is -2.33. The zero-order chi connectivity index (χ0) is 29.6. The minimum Gasteiger partial charge on any atom is -0.352 e. The minimum absolute atomic E-state index is 0.0135. The number of nitrogens with one attached hydrogen (secondary N) is 1. The van der Waals surface area contributed by atoms with Gasteiger partial charge in [0.2, 0.25) is 11.8 Å². The maximum Gasteiger partial charge on any atom is 0.264 e. The highest BCUT2D eigenvalue weighted by Crippen LogP contribution is 2.28. The number of hydrogen-bond acceptors (Lipinski definition) is 4. The number of anilines is 1. The van der Waals surface area contributed by atoms with Gasteiger partial charge in [-0.2, -0.15) is 0 Å². The van der Waals surface area contributed by atoms with Gasteiger partial charge in [0.15, 0.2) is 0 Å². The molecule has 218 valence electrons. The minimum atomic E-state index is -4.15. The molecule has 2 amide bonds. The molecule has 1 atom stereocenters. The standard InChI is InChI=1S/C31H35BrClN3O4S/c1-22-9-6-7-14-29(22)36(41(39,40)28-17-15-26(33)16-18-28)21-30(37)35(20-24-10-8-11-25(32)19-24)23(2)31(38)34-27-12-4-3-5-13-27/h6-11,14-19,23,27H,3-5,12-13,20-21H2,1-2H3,(H,34,38). The molecular formula is C31H35BrClN3O4S. The number of aryl methyl sites for hydroxylation is 1. The first-order valence-corrected chi connectivity index (χ1v) is 16.4. The molecule has 4 rings (SSSR count). The summed E-state index contributed by atoms with van der Waals surface area (Å²) in [4.78, 5) is 29.0. The lowest BCUT2D eigenvalue weighted by molar-refractivity contribution is -0.139. The van der Waals surface area contributed by atoms with Gasteiger partial charge in [-0.15, -0.1) is 0 Å². The van der Waals surface area contributed by atoms with Gasteiger partial charge in [0.1, 0.15) is 12.6 Å². The zero-order valence-electron chi connectivity index (χ0n) is 23.2. The normalized spacial score (nSPS) is 14.7. The molecule has 3 aromatic carbocycles. The van der Waals surface area contributed by atoms with E-state index in [4.69, 9.17) is 11.6 Å². The molecule has 0 bridgehead atoms. The highest BCUT2D eigenvalue weighted by atomic mass is 79.9. The molecule has 10 heteroatoms. The smallest absolute Gasteiger partial charge is 0.264 e. The first-order valence-electron chi connectivity index (χ1n) is 13.7. The summed E-state index contributed by atoms with van der Waals surface area (Å²) >= 11 is 9.50. The second-order valence-electron chi connectivity index (χ2n) is 10.4. The molecule has 1 saturated carbocycles. The third kappa shape index (κ3) is 7.90. The monoisotopic (exact) mass is 659 g/mol. The van der Waals surface area contributed by atoms with E-state index in [0.717, 1.165) is 46.4 Å². The number of halogens is 2. The van der Waals surface area contributed by atoms with Crippen LogP contribution in [0.15, 0.2) is 82.2 Å². The largest absolute Gasteiger partial charge is 0.352 e. The van der Waals surface area contributed by atoms with E-state index in [1.807, 2.05) is 30.3 Å². The number of sulfonamides is 1. The number of para-hydroxylation sites is 1. The van der Waals surface area contributed by atoms with E-state index in [-0.39, 0.29) is 23.4 Å². The second-order valence-corrected chi connectivity index (χ2v) is 13.6. The van der Waals surface area contributed by atoms with Crippen LogP contribution in [0.2, 0.25) is 5.02 Å². The summed E-state index contributed by atoms with van der Waals surface area (Å²) in [6.45, 7) is 3.15. The van der Waals surface area contributed by atoms with Crippen molar-refractivity contribution >= 4 is 55.1 Å². The Balaban J connectivity index is 1.68. The fourth-order valence-electron chi connectivity index (χ4n) is 5.07. The van der Waals surface area contributed by atoms with Crippen LogP contribution in [-0.2, 0) is 26.2 Å². The van der Waals surface area contributed by atoms with Gasteiger partial charge in [-0.25, -0.2) is 8.42 Å². The van der Waals surface area contributed by atoms with Crippen molar-refractivity contribution in [2.24, 2.45) is 0 Å². The summed E-state index contributed by atoms with van der Waals surface area (Å²) in [5.41, 5.74) is 1.89. The summed E-state index contributed by atoms with van der Waals surface area (Å²) in [7, 11) is -4.15. The maximum absolute atomic E-state index is 14.1. The molecule has 7 nitrogen and oxygen atoms in total. The Morgan fingerprint density at radius 2 is 1.68 bits per heavy atom. The summed E-state index contributed by atoms with van der Waals surface area (Å²) in [6, 6.07) is 19.6. The van der Waals surface area contributed by atoms with Crippen molar-refractivity contribution < 1.29 is 18.0 Å². The van der Waals surface area contributed by atoms with Crippen molar-refractivity contribution in [2.45, 2.75) is 69.5 Å². The number of nitrogens with zero attached hydrogens (tertiary/aromatic N) is 2. The van der Waals surface area contributed by atoms with Gasteiger partial charge < -0.3 is 10.2 Å². The molecule has 0 saturated heterocycles. The van der Waals surface area contributed by atoms with E-state index in [1.165, 1.54) is 29.2 Å². The van der Waals surface area contributed by atoms with E-state index in [0.29, 0.717) is 16.3 Å². The van der Waals surface area contributed by atoms with Crippen LogP contribution in [0.4, 0.5) is 5.69 Å². The molecule has 1 aliphatic rings. The van der Waals surface area contributed by atoms with Crippen LogP contribution in [0.5, 0.6) is 0 Å². The average Bonchev–Trinajstić information content (AvgIpc) is 2.95. The Morgan fingerprint density at radius 1 is 1.00 bits per heavy atom. The Hall–Kier alpha value is -2.88. The fourth-order valence-corrected chi connectivity index (χ4v) is 7.13. The molecule has 1 aliphatic carbocycles. The van der Waals surface area contributed by atoms with Crippen LogP contribution in [0, 0.1) is 6.92 Å². The topological polar surface area (TPSA) is 86.8 Å². The van der Waals surface area contributed by atoms with Crippen molar-refractivity contribution in [3.63, 3.8) is 0 Å². The molecule has 1 fully saturated rings. The van der Waals surface area contributed by atoms with Crippen molar-refractivity contribution in [1.29, 1.82) is 0 Å². The van der Waals surface area contributed by atoms with Gasteiger partial charge >= 0.3 is 0 Å². The lowest BCUT2D eigenvalue weighted by Crippen LogP contribution is -2.53. The Morgan fingerprint density at radius 3 is 2.34 bits per heavy atom. The Bertz CT molecular complexity index is 1480. The van der Waals surface area contributed by atoms with E-state index >= 15 is 0 Å². The molecule has 3 aromatic rings. The molecule has 1 unspecified atom stereocenters. The third-order valence-electron chi connectivity index (χ3n) is 7.43. The van der Waals surface area contributed by atoms with Crippen LogP contribution in [0.1, 0.15) is 50.2 Å². The molecule has 0 radical (unpaired) electrons. The second kappa shape index (κ2) is 13.9. The van der Waals surface area contributed by atoms with Gasteiger partial charge in [-0.3, -0.25) is 13.9 Å². The maximum atomic E-state index is 14.1. The molecule has 0 aliphatic heterocycles. The lowest BCUT2D eigenvalue weighted by atomic mass is 9.95. The van der Waals surface area contributed by atoms with E-state index in [2.05, 4.69) is 21.2 Å². The average molecular weight is 661 g/mol. The molecule has 0 heterocycles. The number of hydrogen-bond donors (Lipinski definition) is 1.